The van der Waals surface area contributed by atoms with Crippen molar-refractivity contribution in [3.8, 4) is 0 Å². The molecule has 1 rings (SSSR count). The Balaban J connectivity index is 3.14. The van der Waals surface area contributed by atoms with E-state index >= 15 is 0 Å². The lowest BCUT2D eigenvalue weighted by Crippen LogP contribution is -2.07. The Hall–Kier alpha value is -1.07. The van der Waals surface area contributed by atoms with Crippen molar-refractivity contribution in [1.82, 2.24) is 0 Å². The van der Waals surface area contributed by atoms with Crippen LogP contribution in [-0.2, 0) is 11.0 Å². The molecule has 0 aliphatic carbocycles. The van der Waals surface area contributed by atoms with E-state index in [4.69, 9.17) is 16.7 Å². The first kappa shape index (κ1) is 11.0. The third-order valence-electron chi connectivity index (χ3n) is 1.47. The molecular formula is C8H8ClNO3S. The molecule has 0 saturated carbocycles. The molecule has 1 unspecified atom stereocenters. The Labute approximate surface area is 88.5 Å². The van der Waals surface area contributed by atoms with Crippen molar-refractivity contribution in [2.24, 2.45) is 0 Å². The second kappa shape index (κ2) is 4.43. The molecule has 1 aromatic rings. The van der Waals surface area contributed by atoms with Gasteiger partial charge in [0, 0.05) is 11.3 Å². The molecule has 0 spiro atoms. The van der Waals surface area contributed by atoms with Gasteiger partial charge in [0.25, 0.3) is 0 Å². The van der Waals surface area contributed by atoms with Gasteiger partial charge in [-0.15, -0.1) is 0 Å². The number of carboxylic acid groups (broad SMARTS) is 1. The van der Waals surface area contributed by atoms with Gasteiger partial charge in [0.2, 0.25) is 0 Å². The highest BCUT2D eigenvalue weighted by molar-refractivity contribution is 7.85. The normalized spacial score (nSPS) is 12.1. The van der Waals surface area contributed by atoms with E-state index in [2.05, 4.69) is 4.72 Å². The number of rotatable bonds is 3. The van der Waals surface area contributed by atoms with Gasteiger partial charge in [-0.1, -0.05) is 11.6 Å². The molecule has 0 aromatic heterocycles. The zero-order valence-electron chi connectivity index (χ0n) is 7.28. The number of hydrogen-bond donors (Lipinski definition) is 2. The minimum atomic E-state index is -1.31. The third-order valence-corrected chi connectivity index (χ3v) is 2.21. The first-order valence-electron chi connectivity index (χ1n) is 3.63. The topological polar surface area (TPSA) is 66.4 Å². The number of nitrogens with one attached hydrogen (secondary N) is 1. The van der Waals surface area contributed by atoms with Crippen molar-refractivity contribution >= 4 is 34.2 Å². The summed E-state index contributed by atoms with van der Waals surface area (Å²) in [4.78, 5) is 10.8. The van der Waals surface area contributed by atoms with Crippen molar-refractivity contribution in [2.45, 2.75) is 0 Å². The first-order valence-corrected chi connectivity index (χ1v) is 5.57. The largest absolute Gasteiger partial charge is 0.478 e. The van der Waals surface area contributed by atoms with E-state index in [0.717, 1.165) is 0 Å². The molecule has 0 amide bonds. The van der Waals surface area contributed by atoms with Crippen molar-refractivity contribution in [2.75, 3.05) is 11.0 Å². The molecule has 0 heterocycles. The van der Waals surface area contributed by atoms with Gasteiger partial charge in [-0.2, -0.15) is 0 Å². The standard InChI is InChI=1S/C8H8ClNO3S/c1-14(13)10-7-3-2-5(9)4-6(7)8(11)12/h2-4,10H,1H3,(H,11,12). The summed E-state index contributed by atoms with van der Waals surface area (Å²) in [7, 11) is -1.31. The first-order chi connectivity index (χ1) is 6.50. The van der Waals surface area contributed by atoms with Gasteiger partial charge < -0.3 is 9.83 Å². The predicted molar refractivity (Wildman–Crippen MR) is 56.1 cm³/mol. The van der Waals surface area contributed by atoms with Crippen LogP contribution in [0.15, 0.2) is 18.2 Å². The van der Waals surface area contributed by atoms with E-state index in [1.807, 2.05) is 0 Å². The van der Waals surface area contributed by atoms with E-state index in [1.165, 1.54) is 24.5 Å². The van der Waals surface area contributed by atoms with Crippen LogP contribution in [0.4, 0.5) is 5.69 Å². The minimum Gasteiger partial charge on any atom is -0.478 e. The number of aromatic carboxylic acids is 1. The van der Waals surface area contributed by atoms with Crippen molar-refractivity contribution in [3.05, 3.63) is 28.8 Å². The van der Waals surface area contributed by atoms with E-state index < -0.39 is 17.0 Å². The van der Waals surface area contributed by atoms with Crippen LogP contribution in [0.1, 0.15) is 10.4 Å². The molecule has 0 saturated heterocycles. The van der Waals surface area contributed by atoms with Gasteiger partial charge in [-0.3, -0.25) is 0 Å². The average Bonchev–Trinajstić information content (AvgIpc) is 2.07. The summed E-state index contributed by atoms with van der Waals surface area (Å²) in [6, 6.07) is 4.31. The molecule has 6 heteroatoms. The fourth-order valence-electron chi connectivity index (χ4n) is 0.937. The summed E-state index contributed by atoms with van der Waals surface area (Å²) < 4.78 is 13.4. The maximum atomic E-state index is 10.8. The zero-order valence-corrected chi connectivity index (χ0v) is 8.85. The molecule has 0 radical (unpaired) electrons. The van der Waals surface area contributed by atoms with E-state index in [-0.39, 0.29) is 5.56 Å². The maximum Gasteiger partial charge on any atom is 0.337 e. The summed E-state index contributed by atoms with van der Waals surface area (Å²) in [5.74, 6) is -1.11. The Kier molecular flexibility index (Phi) is 3.49. The second-order valence-corrected chi connectivity index (χ2v) is 4.10. The lowest BCUT2D eigenvalue weighted by atomic mass is 10.2. The maximum absolute atomic E-state index is 10.8. The fraction of sp³-hybridized carbons (Fsp3) is 0.125. The van der Waals surface area contributed by atoms with Gasteiger partial charge >= 0.3 is 5.97 Å². The molecule has 1 aromatic carbocycles. The molecule has 0 bridgehead atoms. The Morgan fingerprint density at radius 3 is 2.71 bits per heavy atom. The van der Waals surface area contributed by atoms with Crippen LogP contribution in [0.25, 0.3) is 0 Å². The summed E-state index contributed by atoms with van der Waals surface area (Å²) >= 11 is 5.63. The van der Waals surface area contributed by atoms with Gasteiger partial charge in [0.1, 0.15) is 11.0 Å². The van der Waals surface area contributed by atoms with E-state index in [0.29, 0.717) is 10.7 Å². The molecule has 0 aliphatic rings. The van der Waals surface area contributed by atoms with Crippen LogP contribution >= 0.6 is 11.6 Å². The van der Waals surface area contributed by atoms with Crippen LogP contribution < -0.4 is 4.72 Å². The van der Waals surface area contributed by atoms with Crippen LogP contribution in [0.3, 0.4) is 0 Å². The van der Waals surface area contributed by atoms with E-state index in [1.54, 1.807) is 0 Å². The third kappa shape index (κ3) is 2.71. The summed E-state index contributed by atoms with van der Waals surface area (Å²) in [6.45, 7) is 0. The molecule has 14 heavy (non-hydrogen) atoms. The molecule has 1 atom stereocenters. The number of carboxylic acids is 1. The summed E-state index contributed by atoms with van der Waals surface area (Å²) in [6.07, 6.45) is 1.42. The van der Waals surface area contributed by atoms with Crippen LogP contribution in [0.5, 0.6) is 0 Å². The van der Waals surface area contributed by atoms with Crippen LogP contribution in [0.2, 0.25) is 5.02 Å². The van der Waals surface area contributed by atoms with Crippen molar-refractivity contribution in [1.29, 1.82) is 0 Å². The Morgan fingerprint density at radius 2 is 2.21 bits per heavy atom. The highest BCUT2D eigenvalue weighted by atomic mass is 35.5. The summed E-state index contributed by atoms with van der Waals surface area (Å²) in [5.41, 5.74) is 0.301. The van der Waals surface area contributed by atoms with Gasteiger partial charge in [-0.05, 0) is 18.2 Å². The predicted octanol–water partition coefficient (Wildman–Crippen LogP) is 1.74. The molecule has 76 valence electrons. The minimum absolute atomic E-state index is 0.00713. The van der Waals surface area contributed by atoms with Gasteiger partial charge in [0.15, 0.2) is 0 Å². The number of benzene rings is 1. The molecular weight excluding hydrogens is 226 g/mol. The molecule has 4 nitrogen and oxygen atoms in total. The monoisotopic (exact) mass is 233 g/mol. The van der Waals surface area contributed by atoms with Gasteiger partial charge in [-0.25, -0.2) is 9.00 Å². The number of halogens is 1. The lowest BCUT2D eigenvalue weighted by molar-refractivity contribution is 0.0698. The quantitative estimate of drug-likeness (QED) is 0.836. The summed E-state index contributed by atoms with van der Waals surface area (Å²) in [5, 5.41) is 9.13. The fourth-order valence-corrected chi connectivity index (χ4v) is 1.60. The lowest BCUT2D eigenvalue weighted by Gasteiger charge is -2.06. The van der Waals surface area contributed by atoms with Gasteiger partial charge in [0.05, 0.1) is 11.3 Å². The molecule has 0 fully saturated rings. The van der Waals surface area contributed by atoms with Crippen LogP contribution in [-0.4, -0.2) is 21.5 Å². The Morgan fingerprint density at radius 1 is 1.57 bits per heavy atom. The number of carbonyl (C=O) groups is 1. The second-order valence-electron chi connectivity index (χ2n) is 2.55. The number of hydrogen-bond acceptors (Lipinski definition) is 2. The Bertz CT molecular complexity index is 394. The number of anilines is 1. The van der Waals surface area contributed by atoms with E-state index in [9.17, 15) is 9.00 Å². The highest BCUT2D eigenvalue weighted by Gasteiger charge is 2.10. The van der Waals surface area contributed by atoms with Crippen molar-refractivity contribution in [3.63, 3.8) is 0 Å². The average molecular weight is 234 g/mol. The molecule has 2 N–H and O–H groups in total. The SMILES string of the molecule is CS(=O)Nc1ccc(Cl)cc1C(=O)O. The smallest absolute Gasteiger partial charge is 0.337 e. The zero-order chi connectivity index (χ0) is 10.7. The molecule has 0 aliphatic heterocycles. The highest BCUT2D eigenvalue weighted by Crippen LogP contribution is 2.20. The van der Waals surface area contributed by atoms with Crippen LogP contribution in [0, 0.1) is 0 Å². The van der Waals surface area contributed by atoms with Crippen molar-refractivity contribution < 1.29 is 14.1 Å².